The van der Waals surface area contributed by atoms with Gasteiger partial charge >= 0.3 is 5.97 Å². The first-order valence-electron chi connectivity index (χ1n) is 9.32. The fourth-order valence-electron chi connectivity index (χ4n) is 3.04. The van der Waals surface area contributed by atoms with Crippen LogP contribution in [0.25, 0.3) is 10.6 Å². The van der Waals surface area contributed by atoms with Crippen LogP contribution < -0.4 is 4.74 Å². The number of benzene rings is 2. The minimum atomic E-state index is -0.921. The van der Waals surface area contributed by atoms with Gasteiger partial charge in [0.2, 0.25) is 0 Å². The third-order valence-electron chi connectivity index (χ3n) is 4.57. The molecule has 0 fully saturated rings. The van der Waals surface area contributed by atoms with E-state index in [4.69, 9.17) is 4.74 Å². The van der Waals surface area contributed by atoms with Crippen molar-refractivity contribution in [2.24, 2.45) is 0 Å². The second kappa shape index (κ2) is 7.76. The molecule has 0 saturated carbocycles. The highest BCUT2D eigenvalue weighted by molar-refractivity contribution is 7.17. The van der Waals surface area contributed by atoms with Gasteiger partial charge in [-0.3, -0.25) is 0 Å². The second-order valence-corrected chi connectivity index (χ2v) is 8.78. The molecule has 146 valence electrons. The Morgan fingerprint density at radius 3 is 2.36 bits per heavy atom. The lowest BCUT2D eigenvalue weighted by atomic mass is 9.85. The van der Waals surface area contributed by atoms with E-state index in [-0.39, 0.29) is 5.41 Å². The van der Waals surface area contributed by atoms with Crippen LogP contribution in [0.4, 0.5) is 0 Å². The molecule has 3 aromatic rings. The number of para-hydroxylation sites is 1. The monoisotopic (exact) mass is 395 g/mol. The van der Waals surface area contributed by atoms with Gasteiger partial charge in [-0.25, -0.2) is 9.78 Å². The quantitative estimate of drug-likeness (QED) is 0.538. The number of thiazole rings is 1. The molecular formula is C23H25NO3S. The van der Waals surface area contributed by atoms with Gasteiger partial charge in [0.25, 0.3) is 0 Å². The molecule has 1 N–H and O–H groups in total. The predicted molar refractivity (Wildman–Crippen MR) is 114 cm³/mol. The summed E-state index contributed by atoms with van der Waals surface area (Å²) in [6.45, 7) is 10.5. The highest BCUT2D eigenvalue weighted by Gasteiger charge is 2.21. The summed E-state index contributed by atoms with van der Waals surface area (Å²) in [5.74, 6) is 0.711. The molecule has 4 nitrogen and oxygen atoms in total. The Hall–Kier alpha value is -2.66. The van der Waals surface area contributed by atoms with Gasteiger partial charge in [0.15, 0.2) is 0 Å². The number of carbonyl (C=O) groups is 1. The molecule has 0 saturated heterocycles. The van der Waals surface area contributed by atoms with Crippen molar-refractivity contribution in [3.63, 3.8) is 0 Å². The topological polar surface area (TPSA) is 59.4 Å². The zero-order valence-electron chi connectivity index (χ0n) is 16.9. The fourth-order valence-corrected chi connectivity index (χ4v) is 4.04. The zero-order valence-corrected chi connectivity index (χ0v) is 17.7. The van der Waals surface area contributed by atoms with Gasteiger partial charge < -0.3 is 9.84 Å². The van der Waals surface area contributed by atoms with E-state index in [0.717, 1.165) is 28.2 Å². The number of aryl methyl sites for hydroxylation is 2. The Kier molecular flexibility index (Phi) is 5.57. The van der Waals surface area contributed by atoms with Gasteiger partial charge in [-0.15, -0.1) is 11.3 Å². The number of hydrogen-bond acceptors (Lipinski definition) is 4. The van der Waals surface area contributed by atoms with Crippen LogP contribution in [-0.4, -0.2) is 16.1 Å². The molecule has 0 spiro atoms. The normalized spacial score (nSPS) is 11.5. The van der Waals surface area contributed by atoms with Gasteiger partial charge in [0.1, 0.15) is 21.4 Å². The summed E-state index contributed by atoms with van der Waals surface area (Å²) in [6.07, 6.45) is 0.599. The molecule has 0 aliphatic heterocycles. The number of hydrogen-bond donors (Lipinski definition) is 1. The molecular weight excluding hydrogens is 370 g/mol. The van der Waals surface area contributed by atoms with Crippen LogP contribution in [0.3, 0.4) is 0 Å². The maximum absolute atomic E-state index is 11.4. The third kappa shape index (κ3) is 4.09. The summed E-state index contributed by atoms with van der Waals surface area (Å²) >= 11 is 1.21. The molecule has 0 aliphatic carbocycles. The van der Waals surface area contributed by atoms with Crippen LogP contribution in [0.5, 0.6) is 11.5 Å². The Bertz CT molecular complexity index is 998. The zero-order chi connectivity index (χ0) is 20.5. The Morgan fingerprint density at radius 2 is 1.82 bits per heavy atom. The van der Waals surface area contributed by atoms with E-state index in [1.165, 1.54) is 11.3 Å². The maximum Gasteiger partial charge on any atom is 0.347 e. The number of carboxylic acids is 1. The van der Waals surface area contributed by atoms with Crippen LogP contribution in [0, 0.1) is 6.92 Å². The van der Waals surface area contributed by atoms with Gasteiger partial charge in [-0.05, 0) is 48.6 Å². The number of nitrogens with zero attached hydrogens (tertiary/aromatic N) is 1. The molecule has 0 radical (unpaired) electrons. The van der Waals surface area contributed by atoms with Crippen molar-refractivity contribution in [3.05, 3.63) is 64.2 Å². The standard InChI is InChI=1S/C23H25NO3S/c1-6-18-20(22(25)26)28-21(24-18)15-10-12-16(13-11-15)27-19-14(2)8-7-9-17(19)23(3,4)5/h7-13H,6H2,1-5H3,(H,25,26). The van der Waals surface area contributed by atoms with Crippen LogP contribution in [0.2, 0.25) is 0 Å². The Morgan fingerprint density at radius 1 is 1.14 bits per heavy atom. The summed E-state index contributed by atoms with van der Waals surface area (Å²) in [7, 11) is 0. The van der Waals surface area contributed by atoms with Crippen LogP contribution in [0.15, 0.2) is 42.5 Å². The average Bonchev–Trinajstić information content (AvgIpc) is 3.08. The number of aromatic nitrogens is 1. The van der Waals surface area contributed by atoms with Crippen LogP contribution in [0.1, 0.15) is 54.2 Å². The first kappa shape index (κ1) is 20.1. The van der Waals surface area contributed by atoms with Gasteiger partial charge in [-0.2, -0.15) is 0 Å². The predicted octanol–water partition coefficient (Wildman–Crippen LogP) is 6.47. The van der Waals surface area contributed by atoms with Crippen LogP contribution >= 0.6 is 11.3 Å². The molecule has 3 rings (SSSR count). The lowest BCUT2D eigenvalue weighted by Crippen LogP contribution is -2.13. The van der Waals surface area contributed by atoms with E-state index < -0.39 is 5.97 Å². The van der Waals surface area contributed by atoms with E-state index in [2.05, 4.69) is 37.9 Å². The first-order valence-corrected chi connectivity index (χ1v) is 10.1. The summed E-state index contributed by atoms with van der Waals surface area (Å²) in [6, 6.07) is 13.9. The molecule has 0 unspecified atom stereocenters. The number of rotatable bonds is 5. The van der Waals surface area contributed by atoms with Crippen molar-refractivity contribution >= 4 is 17.3 Å². The molecule has 28 heavy (non-hydrogen) atoms. The molecule has 0 atom stereocenters. The van der Waals surface area contributed by atoms with E-state index in [9.17, 15) is 9.90 Å². The van der Waals surface area contributed by atoms with Crippen LogP contribution in [-0.2, 0) is 11.8 Å². The minimum Gasteiger partial charge on any atom is -0.477 e. The number of carboxylic acid groups (broad SMARTS) is 1. The molecule has 5 heteroatoms. The first-order chi connectivity index (χ1) is 13.2. The Labute approximate surface area is 169 Å². The number of ether oxygens (including phenoxy) is 1. The minimum absolute atomic E-state index is 0.0219. The maximum atomic E-state index is 11.4. The Balaban J connectivity index is 1.90. The third-order valence-corrected chi connectivity index (χ3v) is 5.70. The summed E-state index contributed by atoms with van der Waals surface area (Å²) < 4.78 is 6.23. The molecule has 0 bridgehead atoms. The SMILES string of the molecule is CCc1nc(-c2ccc(Oc3c(C)cccc3C(C)(C)C)cc2)sc1C(=O)O. The summed E-state index contributed by atoms with van der Waals surface area (Å²) in [4.78, 5) is 16.2. The molecule has 0 aliphatic rings. The van der Waals surface area contributed by atoms with Crippen molar-refractivity contribution in [2.45, 2.75) is 46.5 Å². The van der Waals surface area contributed by atoms with E-state index in [0.29, 0.717) is 22.0 Å². The highest BCUT2D eigenvalue weighted by Crippen LogP contribution is 2.37. The van der Waals surface area contributed by atoms with E-state index in [1.54, 1.807) is 0 Å². The summed E-state index contributed by atoms with van der Waals surface area (Å²) in [5, 5.41) is 10.0. The van der Waals surface area contributed by atoms with E-state index in [1.807, 2.05) is 44.2 Å². The molecule has 1 aromatic heterocycles. The highest BCUT2D eigenvalue weighted by atomic mass is 32.1. The largest absolute Gasteiger partial charge is 0.477 e. The van der Waals surface area contributed by atoms with E-state index >= 15 is 0 Å². The average molecular weight is 396 g/mol. The molecule has 2 aromatic carbocycles. The van der Waals surface area contributed by atoms with Crippen molar-refractivity contribution in [2.75, 3.05) is 0 Å². The van der Waals surface area contributed by atoms with Gasteiger partial charge in [0.05, 0.1) is 5.69 Å². The lowest BCUT2D eigenvalue weighted by molar-refractivity contribution is 0.0701. The molecule has 1 heterocycles. The van der Waals surface area contributed by atoms with Crippen molar-refractivity contribution < 1.29 is 14.6 Å². The van der Waals surface area contributed by atoms with Crippen molar-refractivity contribution in [1.82, 2.24) is 4.98 Å². The lowest BCUT2D eigenvalue weighted by Gasteiger charge is -2.24. The van der Waals surface area contributed by atoms with Gasteiger partial charge in [0, 0.05) is 11.1 Å². The van der Waals surface area contributed by atoms with Crippen molar-refractivity contribution in [1.29, 1.82) is 0 Å². The molecule has 0 amide bonds. The number of aromatic carboxylic acids is 1. The van der Waals surface area contributed by atoms with Crippen molar-refractivity contribution in [3.8, 4) is 22.1 Å². The second-order valence-electron chi connectivity index (χ2n) is 7.78. The summed E-state index contributed by atoms with van der Waals surface area (Å²) in [5.41, 5.74) is 3.75. The fraction of sp³-hybridized carbons (Fsp3) is 0.304. The smallest absolute Gasteiger partial charge is 0.347 e. The van der Waals surface area contributed by atoms with Gasteiger partial charge in [-0.1, -0.05) is 45.9 Å².